The summed E-state index contributed by atoms with van der Waals surface area (Å²) in [5.41, 5.74) is 1.78. The molecule has 2 aromatic carbocycles. The van der Waals surface area contributed by atoms with E-state index in [1.54, 1.807) is 11.0 Å². The number of fused-ring (bicyclic) bond motifs is 1. The van der Waals surface area contributed by atoms with Crippen LogP contribution in [0.2, 0.25) is 0 Å². The zero-order valence-electron chi connectivity index (χ0n) is 14.2. The number of benzene rings is 2. The predicted molar refractivity (Wildman–Crippen MR) is 97.0 cm³/mol. The number of aliphatic carboxylic acids is 1. The maximum atomic E-state index is 11.4. The van der Waals surface area contributed by atoms with Crippen molar-refractivity contribution in [3.8, 4) is 11.3 Å². The summed E-state index contributed by atoms with van der Waals surface area (Å²) in [5.74, 6) is -0.858. The highest BCUT2D eigenvalue weighted by atomic mass is 16.6. The largest absolute Gasteiger partial charge is 0.548 e. The van der Waals surface area contributed by atoms with E-state index in [1.807, 2.05) is 30.3 Å². The van der Waals surface area contributed by atoms with Crippen molar-refractivity contribution in [3.05, 3.63) is 58.6 Å². The van der Waals surface area contributed by atoms with E-state index < -0.39 is 16.9 Å². The van der Waals surface area contributed by atoms with Crippen LogP contribution < -0.4 is 10.0 Å². The average Bonchev–Trinajstić information content (AvgIpc) is 3.17. The highest BCUT2D eigenvalue weighted by Crippen LogP contribution is 2.32. The molecule has 1 atom stereocenters. The molecule has 3 aromatic rings. The second kappa shape index (κ2) is 6.64. The molecule has 0 unspecified atom stereocenters. The molecule has 27 heavy (non-hydrogen) atoms. The fourth-order valence-electron chi connectivity index (χ4n) is 3.41. The number of rotatable bonds is 4. The fourth-order valence-corrected chi connectivity index (χ4v) is 3.41. The van der Waals surface area contributed by atoms with E-state index in [4.69, 9.17) is 0 Å². The molecule has 2 heterocycles. The molecule has 0 bridgehead atoms. The van der Waals surface area contributed by atoms with E-state index in [-0.39, 0.29) is 5.69 Å². The fraction of sp³-hybridized carbons (Fsp3) is 0.211. The zero-order chi connectivity index (χ0) is 19.0. The summed E-state index contributed by atoms with van der Waals surface area (Å²) in [5, 5.41) is 23.2. The normalized spacial score (nSPS) is 16.6. The lowest BCUT2D eigenvalue weighted by molar-refractivity contribution is -0.384. The molecule has 4 rings (SSSR count). The molecule has 0 aliphatic carbocycles. The number of hydrogen-bond acceptors (Lipinski definition) is 7. The van der Waals surface area contributed by atoms with Gasteiger partial charge in [-0.3, -0.25) is 10.1 Å². The summed E-state index contributed by atoms with van der Waals surface area (Å²) in [6.45, 7) is 0.519. The number of carboxylic acid groups (broad SMARTS) is 1. The summed E-state index contributed by atoms with van der Waals surface area (Å²) in [6.07, 6.45) is 1.19. The third-order valence-corrected chi connectivity index (χ3v) is 4.71. The topological polar surface area (TPSA) is 112 Å². The Hall–Kier alpha value is -3.55. The molecule has 0 amide bonds. The Morgan fingerprint density at radius 1 is 1.15 bits per heavy atom. The zero-order valence-corrected chi connectivity index (χ0v) is 14.2. The number of nitro groups is 1. The van der Waals surface area contributed by atoms with Crippen LogP contribution in [0.3, 0.4) is 0 Å². The minimum Gasteiger partial charge on any atom is -0.548 e. The van der Waals surface area contributed by atoms with Crippen LogP contribution in [0.5, 0.6) is 0 Å². The minimum atomic E-state index is -1.15. The van der Waals surface area contributed by atoms with Crippen LogP contribution >= 0.6 is 0 Å². The summed E-state index contributed by atoms with van der Waals surface area (Å²) in [6, 6.07) is 12.9. The van der Waals surface area contributed by atoms with E-state index >= 15 is 0 Å². The van der Waals surface area contributed by atoms with Crippen molar-refractivity contribution in [2.45, 2.75) is 18.9 Å². The summed E-state index contributed by atoms with van der Waals surface area (Å²) >= 11 is 0. The molecule has 136 valence electrons. The van der Waals surface area contributed by atoms with Crippen molar-refractivity contribution >= 4 is 28.5 Å². The van der Waals surface area contributed by atoms with Crippen molar-refractivity contribution in [2.24, 2.45) is 0 Å². The lowest BCUT2D eigenvalue weighted by Gasteiger charge is -2.26. The standard InChI is InChI=1S/C19H16N4O4/c24-18(25)16-7-4-10-22(16)19-20-15-9-8-13(23(26)27)11-14(15)17(21-19)12-5-2-1-3-6-12/h1-3,5-6,8-9,11,16H,4,7,10H2,(H,24,25)/p-1/t16-/m0/s1. The van der Waals surface area contributed by atoms with Crippen LogP contribution in [0.15, 0.2) is 48.5 Å². The van der Waals surface area contributed by atoms with Gasteiger partial charge in [-0.25, -0.2) is 9.97 Å². The van der Waals surface area contributed by atoms with Crippen molar-refractivity contribution in [3.63, 3.8) is 0 Å². The molecule has 8 nitrogen and oxygen atoms in total. The molecule has 0 N–H and O–H groups in total. The van der Waals surface area contributed by atoms with Gasteiger partial charge in [-0.2, -0.15) is 0 Å². The second-order valence-electron chi connectivity index (χ2n) is 6.37. The lowest BCUT2D eigenvalue weighted by atomic mass is 10.1. The molecular formula is C19H15N4O4-. The maximum absolute atomic E-state index is 11.4. The van der Waals surface area contributed by atoms with Gasteiger partial charge in [0.15, 0.2) is 0 Å². The highest BCUT2D eigenvalue weighted by Gasteiger charge is 2.28. The van der Waals surface area contributed by atoms with Gasteiger partial charge in [0.1, 0.15) is 0 Å². The number of nitrogens with zero attached hydrogens (tertiary/aromatic N) is 4. The SMILES string of the molecule is O=C([O-])[C@@H]1CCCN1c1nc(-c2ccccc2)c2cc([N+](=O)[O-])ccc2n1. The van der Waals surface area contributed by atoms with E-state index in [0.717, 1.165) is 5.56 Å². The Balaban J connectivity index is 1.94. The van der Waals surface area contributed by atoms with Crippen LogP contribution in [0.4, 0.5) is 11.6 Å². The molecule has 0 spiro atoms. The number of carbonyl (C=O) groups excluding carboxylic acids is 1. The van der Waals surface area contributed by atoms with Gasteiger partial charge in [-0.05, 0) is 18.9 Å². The minimum absolute atomic E-state index is 0.0511. The van der Waals surface area contributed by atoms with Gasteiger partial charge in [-0.1, -0.05) is 30.3 Å². The number of carboxylic acids is 1. The molecule has 1 saturated heterocycles. The predicted octanol–water partition coefficient (Wildman–Crippen LogP) is 1.92. The summed E-state index contributed by atoms with van der Waals surface area (Å²) < 4.78 is 0. The van der Waals surface area contributed by atoms with Crippen molar-refractivity contribution in [2.75, 3.05) is 11.4 Å². The van der Waals surface area contributed by atoms with Crippen LogP contribution in [-0.2, 0) is 4.79 Å². The number of anilines is 1. The van der Waals surface area contributed by atoms with E-state index in [1.165, 1.54) is 12.1 Å². The Kier molecular flexibility index (Phi) is 4.15. The van der Waals surface area contributed by atoms with Gasteiger partial charge in [-0.15, -0.1) is 0 Å². The Bertz CT molecular complexity index is 1040. The van der Waals surface area contributed by atoms with Crippen LogP contribution in [0.1, 0.15) is 12.8 Å². The van der Waals surface area contributed by atoms with Crippen LogP contribution in [-0.4, -0.2) is 33.4 Å². The third-order valence-electron chi connectivity index (χ3n) is 4.71. The molecule has 8 heteroatoms. The van der Waals surface area contributed by atoms with Crippen molar-refractivity contribution < 1.29 is 14.8 Å². The first-order valence-corrected chi connectivity index (χ1v) is 8.54. The molecule has 1 aromatic heterocycles. The smallest absolute Gasteiger partial charge is 0.270 e. The van der Waals surface area contributed by atoms with Gasteiger partial charge in [0.25, 0.3) is 5.69 Å². The number of aromatic nitrogens is 2. The second-order valence-corrected chi connectivity index (χ2v) is 6.37. The Morgan fingerprint density at radius 2 is 1.93 bits per heavy atom. The van der Waals surface area contributed by atoms with E-state index in [9.17, 15) is 20.0 Å². The lowest BCUT2D eigenvalue weighted by Crippen LogP contribution is -2.45. The number of hydrogen-bond donors (Lipinski definition) is 0. The number of non-ortho nitro benzene ring substituents is 1. The maximum Gasteiger partial charge on any atom is 0.270 e. The number of carbonyl (C=O) groups is 1. The van der Waals surface area contributed by atoms with Crippen LogP contribution in [0, 0.1) is 10.1 Å². The Morgan fingerprint density at radius 3 is 2.63 bits per heavy atom. The van der Waals surface area contributed by atoms with E-state index in [0.29, 0.717) is 41.9 Å². The van der Waals surface area contributed by atoms with Gasteiger partial charge < -0.3 is 14.8 Å². The molecule has 0 radical (unpaired) electrons. The van der Waals surface area contributed by atoms with E-state index in [2.05, 4.69) is 9.97 Å². The molecule has 1 aliphatic heterocycles. The molecular weight excluding hydrogens is 348 g/mol. The molecule has 1 aliphatic rings. The van der Waals surface area contributed by atoms with Gasteiger partial charge >= 0.3 is 0 Å². The average molecular weight is 363 g/mol. The van der Waals surface area contributed by atoms with Crippen LogP contribution in [0.25, 0.3) is 22.2 Å². The quantitative estimate of drug-likeness (QED) is 0.514. The summed E-state index contributed by atoms with van der Waals surface area (Å²) in [4.78, 5) is 32.8. The van der Waals surface area contributed by atoms with Crippen molar-refractivity contribution in [1.82, 2.24) is 9.97 Å². The molecule has 0 saturated carbocycles. The van der Waals surface area contributed by atoms with Gasteiger partial charge in [0.05, 0.1) is 28.1 Å². The monoisotopic (exact) mass is 363 g/mol. The van der Waals surface area contributed by atoms with Gasteiger partial charge in [0.2, 0.25) is 5.95 Å². The highest BCUT2D eigenvalue weighted by molar-refractivity contribution is 5.94. The first-order valence-electron chi connectivity index (χ1n) is 8.54. The first-order chi connectivity index (χ1) is 13.0. The summed E-state index contributed by atoms with van der Waals surface area (Å²) in [7, 11) is 0. The Labute approximate surface area is 154 Å². The van der Waals surface area contributed by atoms with Gasteiger partial charge in [0, 0.05) is 29.6 Å². The molecule has 1 fully saturated rings. The number of nitro benzene ring substituents is 1. The third kappa shape index (κ3) is 3.05. The van der Waals surface area contributed by atoms with Crippen molar-refractivity contribution in [1.29, 1.82) is 0 Å². The first kappa shape index (κ1) is 16.9.